The maximum absolute atomic E-state index is 12.5. The van der Waals surface area contributed by atoms with Gasteiger partial charge in [-0.15, -0.1) is 0 Å². The van der Waals surface area contributed by atoms with Crippen molar-refractivity contribution in [2.45, 2.75) is 64.7 Å². The SMILES string of the molecule is CCOC(=O)CCN(CCC1=CCCCC1)C(=O)C1CCC1. The number of ether oxygens (including phenoxy) is 1. The summed E-state index contributed by atoms with van der Waals surface area (Å²) in [5, 5.41) is 0. The van der Waals surface area contributed by atoms with E-state index in [1.807, 2.05) is 11.8 Å². The number of nitrogens with zero attached hydrogens (tertiary/aromatic N) is 1. The Balaban J connectivity index is 1.84. The summed E-state index contributed by atoms with van der Waals surface area (Å²) >= 11 is 0. The Morgan fingerprint density at radius 2 is 2.05 bits per heavy atom. The maximum Gasteiger partial charge on any atom is 0.307 e. The smallest absolute Gasteiger partial charge is 0.307 e. The van der Waals surface area contributed by atoms with Crippen molar-refractivity contribution in [1.82, 2.24) is 4.90 Å². The Labute approximate surface area is 133 Å². The molecule has 1 saturated carbocycles. The molecule has 0 aromatic rings. The summed E-state index contributed by atoms with van der Waals surface area (Å²) in [7, 11) is 0. The number of rotatable bonds is 8. The van der Waals surface area contributed by atoms with Crippen molar-refractivity contribution in [2.75, 3.05) is 19.7 Å². The molecule has 0 unspecified atom stereocenters. The standard InChI is InChI=1S/C18H29NO3/c1-2-22-17(20)12-14-19(18(21)16-9-6-10-16)13-11-15-7-4-3-5-8-15/h7,16H,2-6,8-14H2,1H3. The van der Waals surface area contributed by atoms with E-state index in [0.29, 0.717) is 19.6 Å². The van der Waals surface area contributed by atoms with E-state index in [1.54, 1.807) is 0 Å². The molecule has 0 bridgehead atoms. The van der Waals surface area contributed by atoms with Gasteiger partial charge in [0.1, 0.15) is 0 Å². The highest BCUT2D eigenvalue weighted by molar-refractivity contribution is 5.80. The first-order chi connectivity index (χ1) is 10.7. The number of esters is 1. The molecular weight excluding hydrogens is 278 g/mol. The van der Waals surface area contributed by atoms with Crippen LogP contribution in [0.25, 0.3) is 0 Å². The van der Waals surface area contributed by atoms with Crippen LogP contribution >= 0.6 is 0 Å². The van der Waals surface area contributed by atoms with Crippen molar-refractivity contribution in [3.8, 4) is 0 Å². The molecule has 4 heteroatoms. The second kappa shape index (κ2) is 8.96. The topological polar surface area (TPSA) is 46.6 Å². The van der Waals surface area contributed by atoms with E-state index in [9.17, 15) is 9.59 Å². The molecule has 2 aliphatic carbocycles. The molecule has 0 spiro atoms. The Kier molecular flexibility index (Phi) is 6.94. The van der Waals surface area contributed by atoms with Crippen molar-refractivity contribution in [3.63, 3.8) is 0 Å². The van der Waals surface area contributed by atoms with E-state index in [-0.39, 0.29) is 17.8 Å². The van der Waals surface area contributed by atoms with Gasteiger partial charge in [-0.05, 0) is 51.9 Å². The van der Waals surface area contributed by atoms with Gasteiger partial charge in [0, 0.05) is 19.0 Å². The summed E-state index contributed by atoms with van der Waals surface area (Å²) in [4.78, 5) is 26.0. The first-order valence-corrected chi connectivity index (χ1v) is 8.83. The van der Waals surface area contributed by atoms with Gasteiger partial charge in [0.2, 0.25) is 5.91 Å². The van der Waals surface area contributed by atoms with E-state index in [0.717, 1.165) is 32.2 Å². The number of allylic oxidation sites excluding steroid dienone is 1. The van der Waals surface area contributed by atoms with Crippen LogP contribution in [0.4, 0.5) is 0 Å². The van der Waals surface area contributed by atoms with Crippen molar-refractivity contribution in [1.29, 1.82) is 0 Å². The molecular formula is C18H29NO3. The fourth-order valence-electron chi connectivity index (χ4n) is 3.12. The molecule has 22 heavy (non-hydrogen) atoms. The van der Waals surface area contributed by atoms with Gasteiger partial charge >= 0.3 is 5.97 Å². The molecule has 0 heterocycles. The van der Waals surface area contributed by atoms with Crippen LogP contribution in [0.15, 0.2) is 11.6 Å². The molecule has 0 N–H and O–H groups in total. The van der Waals surface area contributed by atoms with Gasteiger partial charge in [0.05, 0.1) is 13.0 Å². The zero-order valence-corrected chi connectivity index (χ0v) is 13.8. The molecule has 1 fully saturated rings. The average Bonchev–Trinajstić information content (AvgIpc) is 2.46. The van der Waals surface area contributed by atoms with Gasteiger partial charge < -0.3 is 9.64 Å². The minimum absolute atomic E-state index is 0.197. The summed E-state index contributed by atoms with van der Waals surface area (Å²) in [6.45, 7) is 3.47. The predicted octanol–water partition coefficient (Wildman–Crippen LogP) is 3.46. The molecule has 0 aliphatic heterocycles. The third kappa shape index (κ3) is 5.15. The van der Waals surface area contributed by atoms with Gasteiger partial charge in [0.15, 0.2) is 0 Å². The average molecular weight is 307 g/mol. The number of hydrogen-bond acceptors (Lipinski definition) is 3. The highest BCUT2D eigenvalue weighted by atomic mass is 16.5. The first kappa shape index (κ1) is 17.0. The zero-order chi connectivity index (χ0) is 15.8. The molecule has 2 aliphatic rings. The van der Waals surface area contributed by atoms with Crippen LogP contribution in [0.2, 0.25) is 0 Å². The Bertz CT molecular complexity index is 413. The molecule has 124 valence electrons. The van der Waals surface area contributed by atoms with Crippen LogP contribution < -0.4 is 0 Å². The lowest BCUT2D eigenvalue weighted by atomic mass is 9.84. The lowest BCUT2D eigenvalue weighted by Gasteiger charge is -2.32. The van der Waals surface area contributed by atoms with E-state index in [2.05, 4.69) is 6.08 Å². The largest absolute Gasteiger partial charge is 0.466 e. The minimum atomic E-state index is -0.203. The second-order valence-corrected chi connectivity index (χ2v) is 6.37. The highest BCUT2D eigenvalue weighted by Gasteiger charge is 2.29. The van der Waals surface area contributed by atoms with Gasteiger partial charge in [-0.1, -0.05) is 18.1 Å². The van der Waals surface area contributed by atoms with E-state index in [4.69, 9.17) is 4.74 Å². The number of carbonyl (C=O) groups is 2. The first-order valence-electron chi connectivity index (χ1n) is 8.83. The fourth-order valence-corrected chi connectivity index (χ4v) is 3.12. The van der Waals surface area contributed by atoms with Crippen LogP contribution in [0.1, 0.15) is 64.7 Å². The monoisotopic (exact) mass is 307 g/mol. The fraction of sp³-hybridized carbons (Fsp3) is 0.778. The molecule has 1 amide bonds. The molecule has 4 nitrogen and oxygen atoms in total. The number of amides is 1. The van der Waals surface area contributed by atoms with E-state index in [1.165, 1.54) is 31.3 Å². The lowest BCUT2D eigenvalue weighted by Crippen LogP contribution is -2.40. The number of carbonyl (C=O) groups excluding carboxylic acids is 2. The minimum Gasteiger partial charge on any atom is -0.466 e. The lowest BCUT2D eigenvalue weighted by molar-refractivity contribution is -0.145. The van der Waals surface area contributed by atoms with E-state index < -0.39 is 0 Å². The quantitative estimate of drug-likeness (QED) is 0.509. The van der Waals surface area contributed by atoms with Crippen molar-refractivity contribution >= 4 is 11.9 Å². The van der Waals surface area contributed by atoms with Crippen molar-refractivity contribution < 1.29 is 14.3 Å². The molecule has 0 saturated heterocycles. The highest BCUT2D eigenvalue weighted by Crippen LogP contribution is 2.29. The van der Waals surface area contributed by atoms with Gasteiger partial charge in [0.25, 0.3) is 0 Å². The molecule has 0 atom stereocenters. The van der Waals surface area contributed by atoms with E-state index >= 15 is 0 Å². The maximum atomic E-state index is 12.5. The Hall–Kier alpha value is -1.32. The normalized spacial score (nSPS) is 18.3. The summed E-state index contributed by atoms with van der Waals surface area (Å²) in [5.74, 6) is 0.236. The van der Waals surface area contributed by atoms with Crippen molar-refractivity contribution in [3.05, 3.63) is 11.6 Å². The summed E-state index contributed by atoms with van der Waals surface area (Å²) < 4.78 is 4.98. The van der Waals surface area contributed by atoms with Crippen LogP contribution in [0.5, 0.6) is 0 Å². The molecule has 0 radical (unpaired) electrons. The van der Waals surface area contributed by atoms with Gasteiger partial charge in [-0.2, -0.15) is 0 Å². The molecule has 0 aromatic heterocycles. The molecule has 2 rings (SSSR count). The summed E-state index contributed by atoms with van der Waals surface area (Å²) in [6, 6.07) is 0. The van der Waals surface area contributed by atoms with Crippen LogP contribution in [0, 0.1) is 5.92 Å². The van der Waals surface area contributed by atoms with Crippen LogP contribution in [0.3, 0.4) is 0 Å². The summed E-state index contributed by atoms with van der Waals surface area (Å²) in [6.07, 6.45) is 11.7. The zero-order valence-electron chi connectivity index (χ0n) is 13.8. The second-order valence-electron chi connectivity index (χ2n) is 6.37. The van der Waals surface area contributed by atoms with Crippen molar-refractivity contribution in [2.24, 2.45) is 5.92 Å². The Morgan fingerprint density at radius 3 is 2.64 bits per heavy atom. The van der Waals surface area contributed by atoms with Gasteiger partial charge in [-0.25, -0.2) is 0 Å². The van der Waals surface area contributed by atoms with Crippen LogP contribution in [-0.2, 0) is 14.3 Å². The third-order valence-corrected chi connectivity index (χ3v) is 4.75. The predicted molar refractivity (Wildman–Crippen MR) is 86.3 cm³/mol. The molecule has 0 aromatic carbocycles. The Morgan fingerprint density at radius 1 is 1.23 bits per heavy atom. The van der Waals surface area contributed by atoms with Gasteiger partial charge in [-0.3, -0.25) is 9.59 Å². The summed E-state index contributed by atoms with van der Waals surface area (Å²) in [5.41, 5.74) is 1.48. The number of hydrogen-bond donors (Lipinski definition) is 0. The van der Waals surface area contributed by atoms with Crippen LogP contribution in [-0.4, -0.2) is 36.5 Å². The third-order valence-electron chi connectivity index (χ3n) is 4.75.